The highest BCUT2D eigenvalue weighted by molar-refractivity contribution is 6.23. The molecule has 0 saturated heterocycles. The highest BCUT2D eigenvalue weighted by atomic mass is 16.1. The minimum atomic E-state index is 0.0347. The van der Waals surface area contributed by atoms with Gasteiger partial charge in [0.2, 0.25) is 5.91 Å². The predicted octanol–water partition coefficient (Wildman–Crippen LogP) is 6.13. The van der Waals surface area contributed by atoms with Crippen molar-refractivity contribution in [3.8, 4) is 0 Å². The summed E-state index contributed by atoms with van der Waals surface area (Å²) in [5.41, 5.74) is 8.47. The molecule has 0 aliphatic carbocycles. The molecule has 0 spiro atoms. The van der Waals surface area contributed by atoms with Crippen LogP contribution in [0.15, 0.2) is 78.9 Å². The van der Waals surface area contributed by atoms with Crippen LogP contribution in [0, 0.1) is 0 Å². The summed E-state index contributed by atoms with van der Waals surface area (Å²) in [7, 11) is 0. The molecule has 0 heterocycles. The van der Waals surface area contributed by atoms with Crippen LogP contribution in [0.2, 0.25) is 0 Å². The average Bonchev–Trinajstić information content (AvgIpc) is 2.74. The standard InChI is InChI=1S/C26H22N2O/c27-21-12-14-22(15-13-21)28-24(29)6-2-3-17-7-8-20-10-9-18-4-1-5-19-11-16-23(17)26(20)25(18)19/h1,4-5,7-16H,2-3,6,27H2,(H,28,29). The maximum Gasteiger partial charge on any atom is 0.224 e. The number of hydrogen-bond acceptors (Lipinski definition) is 2. The summed E-state index contributed by atoms with van der Waals surface area (Å²) in [6.45, 7) is 0. The van der Waals surface area contributed by atoms with Crippen LogP contribution in [-0.2, 0) is 11.2 Å². The van der Waals surface area contributed by atoms with Gasteiger partial charge in [-0.3, -0.25) is 4.79 Å². The van der Waals surface area contributed by atoms with Gasteiger partial charge in [0, 0.05) is 17.8 Å². The second-order valence-electron chi connectivity index (χ2n) is 7.60. The number of anilines is 2. The third-order valence-corrected chi connectivity index (χ3v) is 5.66. The van der Waals surface area contributed by atoms with Crippen molar-refractivity contribution in [2.45, 2.75) is 19.3 Å². The Morgan fingerprint density at radius 2 is 1.41 bits per heavy atom. The van der Waals surface area contributed by atoms with Crippen LogP contribution < -0.4 is 11.1 Å². The fraction of sp³-hybridized carbons (Fsp3) is 0.115. The van der Waals surface area contributed by atoms with Gasteiger partial charge < -0.3 is 11.1 Å². The fourth-order valence-electron chi connectivity index (χ4n) is 4.24. The van der Waals surface area contributed by atoms with Crippen LogP contribution in [0.4, 0.5) is 11.4 Å². The first kappa shape index (κ1) is 17.5. The third-order valence-electron chi connectivity index (χ3n) is 5.66. The van der Waals surface area contributed by atoms with Crippen molar-refractivity contribution in [2.24, 2.45) is 0 Å². The van der Waals surface area contributed by atoms with Crippen LogP contribution in [0.5, 0.6) is 0 Å². The second kappa shape index (κ2) is 7.10. The molecule has 0 aliphatic heterocycles. The number of carbonyl (C=O) groups is 1. The molecule has 0 atom stereocenters. The lowest BCUT2D eigenvalue weighted by Crippen LogP contribution is -2.11. The van der Waals surface area contributed by atoms with Gasteiger partial charge in [0.05, 0.1) is 0 Å². The summed E-state index contributed by atoms with van der Waals surface area (Å²) in [5.74, 6) is 0.0347. The molecule has 0 radical (unpaired) electrons. The van der Waals surface area contributed by atoms with Crippen LogP contribution in [0.25, 0.3) is 32.3 Å². The number of rotatable bonds is 5. The van der Waals surface area contributed by atoms with E-state index in [1.54, 1.807) is 12.1 Å². The Morgan fingerprint density at radius 1 is 0.759 bits per heavy atom. The number of amides is 1. The van der Waals surface area contributed by atoms with E-state index in [1.807, 2.05) is 12.1 Å². The van der Waals surface area contributed by atoms with Gasteiger partial charge in [0.15, 0.2) is 0 Å². The topological polar surface area (TPSA) is 55.1 Å². The van der Waals surface area contributed by atoms with Gasteiger partial charge in [-0.25, -0.2) is 0 Å². The van der Waals surface area contributed by atoms with Crippen molar-refractivity contribution >= 4 is 49.6 Å². The van der Waals surface area contributed by atoms with Crippen molar-refractivity contribution in [3.05, 3.63) is 84.4 Å². The number of carbonyl (C=O) groups excluding carboxylic acids is 1. The van der Waals surface area contributed by atoms with E-state index in [0.717, 1.165) is 18.5 Å². The smallest absolute Gasteiger partial charge is 0.224 e. The minimum Gasteiger partial charge on any atom is -0.399 e. The maximum atomic E-state index is 12.3. The molecule has 5 aromatic rings. The number of hydrogen-bond donors (Lipinski definition) is 2. The fourth-order valence-corrected chi connectivity index (χ4v) is 4.24. The molecule has 142 valence electrons. The van der Waals surface area contributed by atoms with E-state index in [2.05, 4.69) is 59.9 Å². The zero-order chi connectivity index (χ0) is 19.8. The molecule has 0 bridgehead atoms. The number of nitrogen functional groups attached to an aromatic ring is 1. The average molecular weight is 378 g/mol. The molecule has 0 unspecified atom stereocenters. The Bertz CT molecular complexity index is 1310. The predicted molar refractivity (Wildman–Crippen MR) is 123 cm³/mol. The van der Waals surface area contributed by atoms with Crippen molar-refractivity contribution in [1.29, 1.82) is 0 Å². The highest BCUT2D eigenvalue weighted by Gasteiger charge is 2.11. The number of nitrogens with one attached hydrogen (secondary N) is 1. The molecule has 0 fully saturated rings. The Labute approximate surface area is 169 Å². The summed E-state index contributed by atoms with van der Waals surface area (Å²) < 4.78 is 0. The summed E-state index contributed by atoms with van der Waals surface area (Å²) in [6.07, 6.45) is 2.18. The van der Waals surface area contributed by atoms with Crippen LogP contribution in [0.3, 0.4) is 0 Å². The van der Waals surface area contributed by atoms with E-state index in [-0.39, 0.29) is 5.91 Å². The van der Waals surface area contributed by atoms with Gasteiger partial charge in [0.25, 0.3) is 0 Å². The van der Waals surface area contributed by atoms with Gasteiger partial charge in [0.1, 0.15) is 0 Å². The largest absolute Gasteiger partial charge is 0.399 e. The molecule has 29 heavy (non-hydrogen) atoms. The molecule has 3 heteroatoms. The molecule has 1 amide bonds. The summed E-state index contributed by atoms with van der Waals surface area (Å²) >= 11 is 0. The maximum absolute atomic E-state index is 12.3. The van der Waals surface area contributed by atoms with Gasteiger partial charge in [-0.1, -0.05) is 54.6 Å². The summed E-state index contributed by atoms with van der Waals surface area (Å²) in [5, 5.41) is 10.7. The Hall–Kier alpha value is -3.59. The van der Waals surface area contributed by atoms with Gasteiger partial charge >= 0.3 is 0 Å². The van der Waals surface area contributed by atoms with Gasteiger partial charge in [-0.2, -0.15) is 0 Å². The van der Waals surface area contributed by atoms with E-state index in [4.69, 9.17) is 5.73 Å². The van der Waals surface area contributed by atoms with E-state index >= 15 is 0 Å². The van der Waals surface area contributed by atoms with E-state index in [9.17, 15) is 4.79 Å². The van der Waals surface area contributed by atoms with Gasteiger partial charge in [-0.05, 0) is 75.0 Å². The molecule has 3 nitrogen and oxygen atoms in total. The molecule has 0 aromatic heterocycles. The Kier molecular flexibility index (Phi) is 4.28. The van der Waals surface area contributed by atoms with Gasteiger partial charge in [-0.15, -0.1) is 0 Å². The first-order valence-electron chi connectivity index (χ1n) is 10.00. The first-order valence-corrected chi connectivity index (χ1v) is 10.00. The SMILES string of the molecule is Nc1ccc(NC(=O)CCCc2ccc3ccc4cccc5ccc2c3c45)cc1. The lowest BCUT2D eigenvalue weighted by Gasteiger charge is -2.14. The molecule has 3 N–H and O–H groups in total. The molecular weight excluding hydrogens is 356 g/mol. The summed E-state index contributed by atoms with van der Waals surface area (Å²) in [4.78, 5) is 12.3. The lowest BCUT2D eigenvalue weighted by molar-refractivity contribution is -0.116. The lowest BCUT2D eigenvalue weighted by atomic mass is 9.90. The number of aryl methyl sites for hydroxylation is 1. The molecular formula is C26H22N2O. The highest BCUT2D eigenvalue weighted by Crippen LogP contribution is 2.36. The minimum absolute atomic E-state index is 0.0347. The summed E-state index contributed by atoms with van der Waals surface area (Å²) in [6, 6.07) is 27.0. The van der Waals surface area contributed by atoms with E-state index in [1.165, 1.54) is 37.9 Å². The van der Waals surface area contributed by atoms with E-state index in [0.29, 0.717) is 12.1 Å². The zero-order valence-corrected chi connectivity index (χ0v) is 16.1. The second-order valence-corrected chi connectivity index (χ2v) is 7.60. The molecule has 5 rings (SSSR count). The quantitative estimate of drug-likeness (QED) is 0.286. The van der Waals surface area contributed by atoms with Crippen LogP contribution >= 0.6 is 0 Å². The Morgan fingerprint density at radius 3 is 2.17 bits per heavy atom. The number of nitrogens with two attached hydrogens (primary N) is 1. The van der Waals surface area contributed by atoms with Crippen molar-refractivity contribution in [3.63, 3.8) is 0 Å². The van der Waals surface area contributed by atoms with E-state index < -0.39 is 0 Å². The monoisotopic (exact) mass is 378 g/mol. The Balaban J connectivity index is 1.36. The molecule has 0 aliphatic rings. The van der Waals surface area contributed by atoms with Crippen molar-refractivity contribution < 1.29 is 4.79 Å². The number of benzene rings is 5. The van der Waals surface area contributed by atoms with Crippen LogP contribution in [0.1, 0.15) is 18.4 Å². The third kappa shape index (κ3) is 3.25. The van der Waals surface area contributed by atoms with Crippen molar-refractivity contribution in [2.75, 3.05) is 11.1 Å². The normalized spacial score (nSPS) is 11.4. The van der Waals surface area contributed by atoms with Crippen LogP contribution in [-0.4, -0.2) is 5.91 Å². The molecule has 0 saturated carbocycles. The zero-order valence-electron chi connectivity index (χ0n) is 16.1. The molecule has 5 aromatic carbocycles. The van der Waals surface area contributed by atoms with Crippen molar-refractivity contribution in [1.82, 2.24) is 0 Å². The first-order chi connectivity index (χ1) is 14.2.